The van der Waals surface area contributed by atoms with Crippen LogP contribution in [0, 0.1) is 0 Å². The number of hydrogen-bond donors (Lipinski definition) is 1. The first-order valence-electron chi connectivity index (χ1n) is 6.66. The van der Waals surface area contributed by atoms with Gasteiger partial charge in [-0.3, -0.25) is 0 Å². The maximum atomic E-state index is 5.60. The Morgan fingerprint density at radius 1 is 1.36 bits per heavy atom. The fraction of sp³-hybridized carbons (Fsp3) is 0.133. The number of thiazole rings is 1. The van der Waals surface area contributed by atoms with Crippen molar-refractivity contribution in [2.75, 3.05) is 5.73 Å². The first-order chi connectivity index (χ1) is 10.7. The maximum absolute atomic E-state index is 5.60. The molecule has 0 amide bonds. The van der Waals surface area contributed by atoms with E-state index in [4.69, 9.17) is 10.6 Å². The first-order valence-corrected chi connectivity index (χ1v) is 7.54. The first kappa shape index (κ1) is 14.3. The normalized spacial score (nSPS) is 11.6. The van der Waals surface area contributed by atoms with Gasteiger partial charge in [0.15, 0.2) is 11.7 Å². The monoisotopic (exact) mass is 313 g/mol. The molecule has 0 fully saturated rings. The molecule has 112 valence electrons. The molecule has 0 aliphatic heterocycles. The van der Waals surface area contributed by atoms with E-state index in [0.29, 0.717) is 5.13 Å². The third-order valence-electron chi connectivity index (χ3n) is 3.04. The predicted octanol–water partition coefficient (Wildman–Crippen LogP) is 2.43. The zero-order chi connectivity index (χ0) is 15.4. The van der Waals surface area contributed by atoms with E-state index in [1.165, 1.54) is 11.3 Å². The molecule has 3 aromatic rings. The van der Waals surface area contributed by atoms with Crippen LogP contribution in [0.1, 0.15) is 17.0 Å². The van der Waals surface area contributed by atoms with E-state index in [2.05, 4.69) is 15.1 Å². The van der Waals surface area contributed by atoms with Crippen molar-refractivity contribution in [3.8, 4) is 0 Å². The topological polar surface area (TPSA) is 78.3 Å². The van der Waals surface area contributed by atoms with E-state index in [1.807, 2.05) is 47.3 Å². The van der Waals surface area contributed by atoms with E-state index in [1.54, 1.807) is 12.5 Å². The van der Waals surface area contributed by atoms with Gasteiger partial charge in [0.2, 0.25) is 0 Å². The van der Waals surface area contributed by atoms with Crippen LogP contribution in [0.4, 0.5) is 5.13 Å². The van der Waals surface area contributed by atoms with E-state index >= 15 is 0 Å². The number of hydrogen-bond acceptors (Lipinski definition) is 6. The Morgan fingerprint density at radius 2 is 2.18 bits per heavy atom. The molecule has 22 heavy (non-hydrogen) atoms. The molecule has 2 heterocycles. The quantitative estimate of drug-likeness (QED) is 0.579. The third-order valence-corrected chi connectivity index (χ3v) is 3.77. The van der Waals surface area contributed by atoms with Gasteiger partial charge in [0, 0.05) is 18.0 Å². The van der Waals surface area contributed by atoms with E-state index < -0.39 is 0 Å². The van der Waals surface area contributed by atoms with Crippen molar-refractivity contribution in [2.45, 2.75) is 6.61 Å². The second-order valence-electron chi connectivity index (χ2n) is 4.65. The molecular weight excluding hydrogens is 298 g/mol. The predicted molar refractivity (Wildman–Crippen MR) is 86.6 cm³/mol. The van der Waals surface area contributed by atoms with Crippen molar-refractivity contribution in [2.24, 2.45) is 12.2 Å². The Morgan fingerprint density at radius 3 is 2.82 bits per heavy atom. The number of aryl methyl sites for hydroxylation is 1. The van der Waals surface area contributed by atoms with Gasteiger partial charge in [0.05, 0.1) is 23.9 Å². The van der Waals surface area contributed by atoms with Gasteiger partial charge in [-0.2, -0.15) is 0 Å². The minimum absolute atomic E-state index is 0.280. The third kappa shape index (κ3) is 3.15. The van der Waals surface area contributed by atoms with E-state index in [9.17, 15) is 0 Å². The summed E-state index contributed by atoms with van der Waals surface area (Å²) in [5.41, 5.74) is 8.94. The van der Waals surface area contributed by atoms with Gasteiger partial charge in [-0.25, -0.2) is 9.97 Å². The number of imidazole rings is 1. The Balaban J connectivity index is 1.85. The summed E-state index contributed by atoms with van der Waals surface area (Å²) >= 11 is 1.38. The smallest absolute Gasteiger partial charge is 0.180 e. The maximum Gasteiger partial charge on any atom is 0.180 e. The van der Waals surface area contributed by atoms with Crippen LogP contribution < -0.4 is 5.73 Å². The van der Waals surface area contributed by atoms with Crippen LogP contribution in [0.2, 0.25) is 0 Å². The molecule has 0 unspecified atom stereocenters. The van der Waals surface area contributed by atoms with Crippen LogP contribution in [-0.4, -0.2) is 20.2 Å². The summed E-state index contributed by atoms with van der Waals surface area (Å²) in [4.78, 5) is 13.7. The van der Waals surface area contributed by atoms with Gasteiger partial charge >= 0.3 is 0 Å². The molecule has 3 rings (SSSR count). The van der Waals surface area contributed by atoms with Gasteiger partial charge in [-0.05, 0) is 0 Å². The average Bonchev–Trinajstić information content (AvgIpc) is 3.13. The van der Waals surface area contributed by atoms with Crippen molar-refractivity contribution in [3.05, 3.63) is 65.2 Å². The summed E-state index contributed by atoms with van der Waals surface area (Å²) in [6, 6.07) is 9.85. The van der Waals surface area contributed by atoms with Gasteiger partial charge < -0.3 is 15.1 Å². The molecule has 0 saturated carbocycles. The Labute approximate surface area is 131 Å². The molecule has 1 aromatic carbocycles. The minimum Gasteiger partial charge on any atom is -0.389 e. The largest absolute Gasteiger partial charge is 0.389 e. The second kappa shape index (κ2) is 6.40. The van der Waals surface area contributed by atoms with E-state index in [-0.39, 0.29) is 6.61 Å². The van der Waals surface area contributed by atoms with Crippen molar-refractivity contribution < 1.29 is 4.84 Å². The highest BCUT2D eigenvalue weighted by Gasteiger charge is 2.11. The van der Waals surface area contributed by atoms with Crippen LogP contribution >= 0.6 is 11.3 Å². The molecule has 2 aromatic heterocycles. The van der Waals surface area contributed by atoms with Crippen LogP contribution in [0.5, 0.6) is 0 Å². The molecule has 0 spiro atoms. The lowest BCUT2D eigenvalue weighted by atomic mass is 10.1. The fourth-order valence-electron chi connectivity index (χ4n) is 1.98. The average molecular weight is 313 g/mol. The summed E-state index contributed by atoms with van der Waals surface area (Å²) in [6.07, 6.45) is 3.49. The highest BCUT2D eigenvalue weighted by atomic mass is 32.1. The fourth-order valence-corrected chi connectivity index (χ4v) is 2.53. The number of oxime groups is 1. The lowest BCUT2D eigenvalue weighted by Crippen LogP contribution is -2.09. The lowest BCUT2D eigenvalue weighted by Gasteiger charge is -2.07. The number of rotatable bonds is 5. The number of nitrogen functional groups attached to an aromatic ring is 1. The van der Waals surface area contributed by atoms with Crippen LogP contribution in [-0.2, 0) is 18.5 Å². The second-order valence-corrected chi connectivity index (χ2v) is 5.54. The molecule has 0 saturated heterocycles. The van der Waals surface area contributed by atoms with Crippen molar-refractivity contribution >= 4 is 22.2 Å². The van der Waals surface area contributed by atoms with Gasteiger partial charge in [0.25, 0.3) is 0 Å². The molecule has 0 radical (unpaired) electrons. The van der Waals surface area contributed by atoms with Gasteiger partial charge in [0.1, 0.15) is 5.71 Å². The summed E-state index contributed by atoms with van der Waals surface area (Å²) < 4.78 is 1.90. The Bertz CT molecular complexity index is 778. The zero-order valence-electron chi connectivity index (χ0n) is 12.0. The number of nitrogens with two attached hydrogens (primary N) is 1. The van der Waals surface area contributed by atoms with Crippen LogP contribution in [0.15, 0.2) is 53.4 Å². The molecule has 0 aliphatic carbocycles. The summed E-state index contributed by atoms with van der Waals surface area (Å²) in [5.74, 6) is 0. The number of benzene rings is 1. The minimum atomic E-state index is 0.280. The summed E-state index contributed by atoms with van der Waals surface area (Å²) in [6.45, 7) is 0.280. The molecular formula is C15H15N5OS. The summed E-state index contributed by atoms with van der Waals surface area (Å²) in [7, 11) is 1.92. The summed E-state index contributed by atoms with van der Waals surface area (Å²) in [5, 5.41) is 6.67. The molecule has 6 nitrogen and oxygen atoms in total. The van der Waals surface area contributed by atoms with E-state index in [0.717, 1.165) is 22.7 Å². The standard InChI is InChI=1S/C15H15N5OS/c1-20-10-17-7-13(20)14(11-5-3-2-4-6-11)19-21-8-12-9-22-15(16)18-12/h2-7,9-10H,8H2,1H3,(H2,16,18)/b19-14-. The molecule has 0 aliphatic rings. The zero-order valence-corrected chi connectivity index (χ0v) is 12.8. The highest BCUT2D eigenvalue weighted by Crippen LogP contribution is 2.14. The van der Waals surface area contributed by atoms with Crippen molar-refractivity contribution in [1.82, 2.24) is 14.5 Å². The lowest BCUT2D eigenvalue weighted by molar-refractivity contribution is 0.128. The van der Waals surface area contributed by atoms with Crippen LogP contribution in [0.25, 0.3) is 0 Å². The van der Waals surface area contributed by atoms with Crippen molar-refractivity contribution in [1.29, 1.82) is 0 Å². The Hall–Kier alpha value is -2.67. The molecule has 7 heteroatoms. The number of anilines is 1. The van der Waals surface area contributed by atoms with Crippen LogP contribution in [0.3, 0.4) is 0 Å². The molecule has 2 N–H and O–H groups in total. The highest BCUT2D eigenvalue weighted by molar-refractivity contribution is 7.13. The number of nitrogens with zero attached hydrogens (tertiary/aromatic N) is 4. The SMILES string of the molecule is Cn1cncc1/C(=N\OCc1csc(N)n1)c1ccccc1. The molecule has 0 atom stereocenters. The molecule has 0 bridgehead atoms. The Kier molecular flexibility index (Phi) is 4.15. The van der Waals surface area contributed by atoms with Gasteiger partial charge in [-0.15, -0.1) is 11.3 Å². The van der Waals surface area contributed by atoms with Gasteiger partial charge in [-0.1, -0.05) is 35.5 Å². The number of aromatic nitrogens is 3. The van der Waals surface area contributed by atoms with Crippen molar-refractivity contribution in [3.63, 3.8) is 0 Å².